The van der Waals surface area contributed by atoms with Gasteiger partial charge in [-0.3, -0.25) is 9.59 Å². The van der Waals surface area contributed by atoms with Crippen LogP contribution in [0.15, 0.2) is 16.5 Å². The van der Waals surface area contributed by atoms with Crippen LogP contribution in [-0.2, 0) is 0 Å². The molecule has 4 nitrogen and oxygen atoms in total. The second-order valence-corrected chi connectivity index (χ2v) is 4.53. The standard InChI is InChI=1S/C13H17NO3/c1-14(10-5-3-2-4-6-10)13(16)12-8-7-11(9-15)17-12/h7-10H,2-6H2,1H3. The topological polar surface area (TPSA) is 50.5 Å². The largest absolute Gasteiger partial charge is 0.448 e. The summed E-state index contributed by atoms with van der Waals surface area (Å²) >= 11 is 0. The zero-order valence-corrected chi connectivity index (χ0v) is 10.0. The van der Waals surface area contributed by atoms with Crippen molar-refractivity contribution in [2.24, 2.45) is 0 Å². The lowest BCUT2D eigenvalue weighted by Crippen LogP contribution is -2.38. The van der Waals surface area contributed by atoms with Crippen LogP contribution in [0.2, 0.25) is 0 Å². The molecule has 0 saturated heterocycles. The highest BCUT2D eigenvalue weighted by atomic mass is 16.4. The number of amides is 1. The minimum Gasteiger partial charge on any atom is -0.448 e. The number of aldehydes is 1. The highest BCUT2D eigenvalue weighted by Crippen LogP contribution is 2.23. The van der Waals surface area contributed by atoms with Gasteiger partial charge in [-0.25, -0.2) is 0 Å². The fourth-order valence-corrected chi connectivity index (χ4v) is 2.34. The molecule has 2 rings (SSSR count). The van der Waals surface area contributed by atoms with Crippen molar-refractivity contribution in [2.75, 3.05) is 7.05 Å². The van der Waals surface area contributed by atoms with Crippen molar-refractivity contribution < 1.29 is 14.0 Å². The molecule has 0 N–H and O–H groups in total. The summed E-state index contributed by atoms with van der Waals surface area (Å²) in [7, 11) is 1.81. The molecule has 0 radical (unpaired) electrons. The zero-order chi connectivity index (χ0) is 12.3. The summed E-state index contributed by atoms with van der Waals surface area (Å²) < 4.78 is 5.15. The summed E-state index contributed by atoms with van der Waals surface area (Å²) in [6, 6.07) is 3.39. The lowest BCUT2D eigenvalue weighted by molar-refractivity contribution is 0.0662. The Bertz CT molecular complexity index is 405. The lowest BCUT2D eigenvalue weighted by Gasteiger charge is -2.30. The van der Waals surface area contributed by atoms with E-state index in [0.717, 1.165) is 12.8 Å². The molecule has 1 amide bonds. The molecule has 1 saturated carbocycles. The summed E-state index contributed by atoms with van der Waals surface area (Å²) in [4.78, 5) is 24.3. The molecule has 0 spiro atoms. The van der Waals surface area contributed by atoms with Gasteiger partial charge in [-0.05, 0) is 25.0 Å². The monoisotopic (exact) mass is 235 g/mol. The van der Waals surface area contributed by atoms with E-state index in [-0.39, 0.29) is 17.4 Å². The van der Waals surface area contributed by atoms with Gasteiger partial charge in [0.2, 0.25) is 0 Å². The molecular formula is C13H17NO3. The Kier molecular flexibility index (Phi) is 3.61. The van der Waals surface area contributed by atoms with Crippen LogP contribution in [0.5, 0.6) is 0 Å². The fourth-order valence-electron chi connectivity index (χ4n) is 2.34. The van der Waals surface area contributed by atoms with Crippen molar-refractivity contribution >= 4 is 12.2 Å². The Balaban J connectivity index is 2.05. The van der Waals surface area contributed by atoms with E-state index < -0.39 is 0 Å². The predicted molar refractivity (Wildman–Crippen MR) is 63.1 cm³/mol. The highest BCUT2D eigenvalue weighted by Gasteiger charge is 2.24. The smallest absolute Gasteiger partial charge is 0.289 e. The number of carbonyl (C=O) groups is 2. The predicted octanol–water partition coefficient (Wildman–Crippen LogP) is 2.50. The summed E-state index contributed by atoms with van der Waals surface area (Å²) in [6.07, 6.45) is 6.35. The van der Waals surface area contributed by atoms with E-state index in [4.69, 9.17) is 4.42 Å². The minimum atomic E-state index is -0.134. The third-order valence-electron chi connectivity index (χ3n) is 3.40. The number of hydrogen-bond donors (Lipinski definition) is 0. The van der Waals surface area contributed by atoms with Gasteiger partial charge in [0.05, 0.1) is 0 Å². The third-order valence-corrected chi connectivity index (χ3v) is 3.40. The van der Waals surface area contributed by atoms with Gasteiger partial charge in [0.25, 0.3) is 5.91 Å². The molecule has 1 fully saturated rings. The summed E-state index contributed by atoms with van der Waals surface area (Å²) in [5.41, 5.74) is 0. The Morgan fingerprint density at radius 2 is 2.06 bits per heavy atom. The molecule has 4 heteroatoms. The van der Waals surface area contributed by atoms with Gasteiger partial charge in [0.1, 0.15) is 0 Å². The summed E-state index contributed by atoms with van der Waals surface area (Å²) in [6.45, 7) is 0. The third kappa shape index (κ3) is 2.57. The number of nitrogens with zero attached hydrogens (tertiary/aromatic N) is 1. The molecule has 0 atom stereocenters. The minimum absolute atomic E-state index is 0.134. The van der Waals surface area contributed by atoms with Crippen LogP contribution in [0.4, 0.5) is 0 Å². The molecule has 0 aliphatic heterocycles. The van der Waals surface area contributed by atoms with Crippen LogP contribution < -0.4 is 0 Å². The zero-order valence-electron chi connectivity index (χ0n) is 10.0. The molecule has 92 valence electrons. The van der Waals surface area contributed by atoms with Crippen molar-refractivity contribution in [1.29, 1.82) is 0 Å². The number of furan rings is 1. The summed E-state index contributed by atoms with van der Waals surface area (Å²) in [5.74, 6) is 0.315. The van der Waals surface area contributed by atoms with Crippen molar-refractivity contribution in [3.05, 3.63) is 23.7 Å². The maximum Gasteiger partial charge on any atom is 0.289 e. The first kappa shape index (κ1) is 11.9. The molecule has 1 aromatic rings. The SMILES string of the molecule is CN(C(=O)c1ccc(C=O)o1)C1CCCCC1. The maximum absolute atomic E-state index is 12.1. The van der Waals surface area contributed by atoms with E-state index in [2.05, 4.69) is 0 Å². The van der Waals surface area contributed by atoms with Crippen molar-refractivity contribution in [3.8, 4) is 0 Å². The van der Waals surface area contributed by atoms with E-state index in [1.54, 1.807) is 18.0 Å². The van der Waals surface area contributed by atoms with Crippen molar-refractivity contribution in [3.63, 3.8) is 0 Å². The van der Waals surface area contributed by atoms with Crippen LogP contribution in [0.3, 0.4) is 0 Å². The van der Waals surface area contributed by atoms with Gasteiger partial charge < -0.3 is 9.32 Å². The Hall–Kier alpha value is -1.58. The molecule has 1 aliphatic carbocycles. The van der Waals surface area contributed by atoms with Crippen LogP contribution in [0.25, 0.3) is 0 Å². The van der Waals surface area contributed by atoms with E-state index in [9.17, 15) is 9.59 Å². The molecule has 0 bridgehead atoms. The van der Waals surface area contributed by atoms with E-state index in [1.165, 1.54) is 25.3 Å². The van der Waals surface area contributed by atoms with E-state index in [0.29, 0.717) is 12.3 Å². The normalized spacial score (nSPS) is 16.8. The molecule has 0 aromatic carbocycles. The van der Waals surface area contributed by atoms with Crippen LogP contribution in [0, 0.1) is 0 Å². The summed E-state index contributed by atoms with van der Waals surface area (Å²) in [5, 5.41) is 0. The number of carbonyl (C=O) groups excluding carboxylic acids is 2. The van der Waals surface area contributed by atoms with Gasteiger partial charge in [0, 0.05) is 13.1 Å². The van der Waals surface area contributed by atoms with Gasteiger partial charge in [-0.1, -0.05) is 19.3 Å². The second kappa shape index (κ2) is 5.17. The van der Waals surface area contributed by atoms with E-state index >= 15 is 0 Å². The van der Waals surface area contributed by atoms with Gasteiger partial charge in [-0.2, -0.15) is 0 Å². The lowest BCUT2D eigenvalue weighted by atomic mass is 9.94. The molecule has 17 heavy (non-hydrogen) atoms. The van der Waals surface area contributed by atoms with Crippen molar-refractivity contribution in [1.82, 2.24) is 4.90 Å². The molecule has 1 aromatic heterocycles. The quantitative estimate of drug-likeness (QED) is 0.756. The van der Waals surface area contributed by atoms with Crippen LogP contribution in [-0.4, -0.2) is 30.2 Å². The van der Waals surface area contributed by atoms with Gasteiger partial charge in [0.15, 0.2) is 17.8 Å². The first-order valence-corrected chi connectivity index (χ1v) is 6.04. The average molecular weight is 235 g/mol. The van der Waals surface area contributed by atoms with Gasteiger partial charge >= 0.3 is 0 Å². The Labute approximate surface area is 101 Å². The highest BCUT2D eigenvalue weighted by molar-refractivity contribution is 5.92. The fraction of sp³-hybridized carbons (Fsp3) is 0.538. The molecule has 0 unspecified atom stereocenters. The average Bonchev–Trinajstić information content (AvgIpc) is 2.87. The Morgan fingerprint density at radius 3 is 2.65 bits per heavy atom. The first-order valence-electron chi connectivity index (χ1n) is 6.04. The Morgan fingerprint density at radius 1 is 1.35 bits per heavy atom. The van der Waals surface area contributed by atoms with Gasteiger partial charge in [-0.15, -0.1) is 0 Å². The van der Waals surface area contributed by atoms with Crippen LogP contribution in [0.1, 0.15) is 53.2 Å². The number of rotatable bonds is 3. The van der Waals surface area contributed by atoms with Crippen LogP contribution >= 0.6 is 0 Å². The second-order valence-electron chi connectivity index (χ2n) is 4.53. The molecule has 1 heterocycles. The maximum atomic E-state index is 12.1. The first-order chi connectivity index (χ1) is 8.22. The van der Waals surface area contributed by atoms with E-state index in [1.807, 2.05) is 0 Å². The van der Waals surface area contributed by atoms with Crippen molar-refractivity contribution in [2.45, 2.75) is 38.1 Å². The number of hydrogen-bond acceptors (Lipinski definition) is 3. The molecular weight excluding hydrogens is 218 g/mol. The molecule has 1 aliphatic rings.